The number of nitrogens with zero attached hydrogens (tertiary/aromatic N) is 2. The van der Waals surface area contributed by atoms with Crippen LogP contribution in [0.3, 0.4) is 0 Å². The summed E-state index contributed by atoms with van der Waals surface area (Å²) in [5.41, 5.74) is 1.03. The van der Waals surface area contributed by atoms with Crippen LogP contribution in [0.25, 0.3) is 0 Å². The smallest absolute Gasteiger partial charge is 0.243 e. The summed E-state index contributed by atoms with van der Waals surface area (Å²) in [5, 5.41) is 5.11. The lowest BCUT2D eigenvalue weighted by Crippen LogP contribution is -2.44. The van der Waals surface area contributed by atoms with Crippen LogP contribution >= 0.6 is 11.3 Å². The lowest BCUT2D eigenvalue weighted by molar-refractivity contribution is -0.126. The maximum Gasteiger partial charge on any atom is 0.243 e. The third-order valence-corrected chi connectivity index (χ3v) is 8.33. The maximum atomic E-state index is 12.8. The van der Waals surface area contributed by atoms with Crippen LogP contribution in [-0.2, 0) is 14.8 Å². The molecule has 158 valence electrons. The number of sulfonamides is 1. The number of aryl methyl sites for hydroxylation is 1. The van der Waals surface area contributed by atoms with E-state index < -0.39 is 10.0 Å². The van der Waals surface area contributed by atoms with Gasteiger partial charge in [-0.3, -0.25) is 4.79 Å². The van der Waals surface area contributed by atoms with Gasteiger partial charge in [-0.25, -0.2) is 8.42 Å². The molecule has 0 aliphatic carbocycles. The van der Waals surface area contributed by atoms with Crippen molar-refractivity contribution in [2.45, 2.75) is 30.7 Å². The van der Waals surface area contributed by atoms with Crippen molar-refractivity contribution < 1.29 is 13.2 Å². The van der Waals surface area contributed by atoms with E-state index in [9.17, 15) is 13.2 Å². The van der Waals surface area contributed by atoms with Gasteiger partial charge in [0, 0.05) is 30.4 Å². The van der Waals surface area contributed by atoms with Crippen LogP contribution < -0.4 is 5.32 Å². The first kappa shape index (κ1) is 22.0. The molecule has 1 aliphatic heterocycles. The number of benzene rings is 1. The number of carbonyl (C=O) groups is 1. The molecule has 0 bridgehead atoms. The van der Waals surface area contributed by atoms with Crippen LogP contribution in [0.2, 0.25) is 0 Å². The zero-order chi connectivity index (χ0) is 21.0. The zero-order valence-corrected chi connectivity index (χ0v) is 18.8. The van der Waals surface area contributed by atoms with Gasteiger partial charge in [-0.2, -0.15) is 4.31 Å². The number of piperidine rings is 1. The highest BCUT2D eigenvalue weighted by Crippen LogP contribution is 2.25. The van der Waals surface area contributed by atoms with Crippen molar-refractivity contribution in [1.29, 1.82) is 0 Å². The standard InChI is InChI=1S/C21H29N3O3S2/c1-16-6-8-18(9-7-16)29(26,27)24-12-10-17(11-13-24)21(25)22-15-19(23(2)3)20-5-4-14-28-20/h4-9,14,17,19H,10-13,15H2,1-3H3,(H,22,25). The summed E-state index contributed by atoms with van der Waals surface area (Å²) < 4.78 is 27.1. The Bertz CT molecular complexity index is 901. The molecule has 3 rings (SSSR count). The minimum atomic E-state index is -3.50. The van der Waals surface area contributed by atoms with Gasteiger partial charge in [0.05, 0.1) is 10.9 Å². The molecule has 0 radical (unpaired) electrons. The number of thiophene rings is 1. The van der Waals surface area contributed by atoms with Crippen molar-refractivity contribution >= 4 is 27.3 Å². The first-order valence-electron chi connectivity index (χ1n) is 9.83. The minimum Gasteiger partial charge on any atom is -0.354 e. The summed E-state index contributed by atoms with van der Waals surface area (Å²) in [6.07, 6.45) is 1.09. The molecule has 0 saturated carbocycles. The van der Waals surface area contributed by atoms with Crippen molar-refractivity contribution in [2.24, 2.45) is 5.92 Å². The molecule has 6 nitrogen and oxygen atoms in total. The molecular formula is C21H29N3O3S2. The molecule has 1 N–H and O–H groups in total. The Morgan fingerprint density at radius 2 is 1.86 bits per heavy atom. The van der Waals surface area contributed by atoms with E-state index in [1.807, 2.05) is 44.6 Å². The molecule has 29 heavy (non-hydrogen) atoms. The summed E-state index contributed by atoms with van der Waals surface area (Å²) in [6.45, 7) is 3.22. The average Bonchev–Trinajstić information content (AvgIpc) is 3.22. The summed E-state index contributed by atoms with van der Waals surface area (Å²) in [5.74, 6) is -0.133. The fraction of sp³-hybridized carbons (Fsp3) is 0.476. The Labute approximate surface area is 177 Å². The van der Waals surface area contributed by atoms with Gasteiger partial charge in [0.2, 0.25) is 15.9 Å². The predicted octanol–water partition coefficient (Wildman–Crippen LogP) is 2.88. The molecule has 1 aromatic carbocycles. The Morgan fingerprint density at radius 3 is 2.41 bits per heavy atom. The van der Waals surface area contributed by atoms with E-state index in [4.69, 9.17) is 0 Å². The molecule has 1 amide bonds. The van der Waals surface area contributed by atoms with Crippen LogP contribution in [0, 0.1) is 12.8 Å². The van der Waals surface area contributed by atoms with Crippen LogP contribution in [-0.4, -0.2) is 57.3 Å². The van der Waals surface area contributed by atoms with E-state index >= 15 is 0 Å². The monoisotopic (exact) mass is 435 g/mol. The van der Waals surface area contributed by atoms with E-state index in [-0.39, 0.29) is 17.9 Å². The van der Waals surface area contributed by atoms with E-state index in [0.717, 1.165) is 5.56 Å². The third-order valence-electron chi connectivity index (χ3n) is 5.45. The quantitative estimate of drug-likeness (QED) is 0.726. The van der Waals surface area contributed by atoms with E-state index in [1.54, 1.807) is 23.5 Å². The summed E-state index contributed by atoms with van der Waals surface area (Å²) in [4.78, 5) is 16.3. The molecule has 1 aromatic heterocycles. The molecule has 8 heteroatoms. The van der Waals surface area contributed by atoms with Gasteiger partial charge in [0.1, 0.15) is 0 Å². The van der Waals surface area contributed by atoms with Gasteiger partial charge < -0.3 is 10.2 Å². The summed E-state index contributed by atoms with van der Waals surface area (Å²) in [6, 6.07) is 11.1. The van der Waals surface area contributed by atoms with E-state index in [2.05, 4.69) is 16.3 Å². The number of amides is 1. The Balaban J connectivity index is 1.54. The normalized spacial score (nSPS) is 17.4. The first-order chi connectivity index (χ1) is 13.8. The Hall–Kier alpha value is -1.74. The zero-order valence-electron chi connectivity index (χ0n) is 17.2. The number of hydrogen-bond donors (Lipinski definition) is 1. The minimum absolute atomic E-state index is 0.0146. The van der Waals surface area contributed by atoms with Gasteiger partial charge in [0.25, 0.3) is 0 Å². The number of nitrogens with one attached hydrogen (secondary N) is 1. The topological polar surface area (TPSA) is 69.7 Å². The molecule has 0 spiro atoms. The SMILES string of the molecule is Cc1ccc(S(=O)(=O)N2CCC(C(=O)NCC(c3cccs3)N(C)C)CC2)cc1. The third kappa shape index (κ3) is 5.25. The lowest BCUT2D eigenvalue weighted by Gasteiger charge is -2.31. The number of carbonyl (C=O) groups excluding carboxylic acids is 1. The highest BCUT2D eigenvalue weighted by Gasteiger charge is 2.32. The predicted molar refractivity (Wildman–Crippen MR) is 116 cm³/mol. The largest absolute Gasteiger partial charge is 0.354 e. The Kier molecular flexibility index (Phi) is 7.10. The fourth-order valence-electron chi connectivity index (χ4n) is 3.58. The average molecular weight is 436 g/mol. The second kappa shape index (κ2) is 9.38. The second-order valence-corrected chi connectivity index (χ2v) is 10.6. The van der Waals surface area contributed by atoms with Gasteiger partial charge >= 0.3 is 0 Å². The maximum absolute atomic E-state index is 12.8. The molecule has 1 unspecified atom stereocenters. The molecule has 2 aromatic rings. The molecule has 1 aliphatic rings. The number of rotatable bonds is 7. The molecule has 1 fully saturated rings. The van der Waals surface area contributed by atoms with Crippen LogP contribution in [0.5, 0.6) is 0 Å². The number of hydrogen-bond acceptors (Lipinski definition) is 5. The van der Waals surface area contributed by atoms with E-state index in [1.165, 1.54) is 9.18 Å². The van der Waals surface area contributed by atoms with Gasteiger partial charge in [-0.1, -0.05) is 23.8 Å². The molecular weight excluding hydrogens is 406 g/mol. The second-order valence-electron chi connectivity index (χ2n) is 7.73. The Morgan fingerprint density at radius 1 is 1.21 bits per heavy atom. The summed E-state index contributed by atoms with van der Waals surface area (Å²) >= 11 is 1.68. The molecule has 2 heterocycles. The van der Waals surface area contributed by atoms with Gasteiger partial charge in [-0.05, 0) is 57.4 Å². The van der Waals surface area contributed by atoms with Crippen molar-refractivity contribution in [3.8, 4) is 0 Å². The van der Waals surface area contributed by atoms with Crippen LogP contribution in [0.15, 0.2) is 46.7 Å². The lowest BCUT2D eigenvalue weighted by atomic mass is 9.97. The summed E-state index contributed by atoms with van der Waals surface area (Å²) in [7, 11) is 0.512. The highest BCUT2D eigenvalue weighted by molar-refractivity contribution is 7.89. The number of likely N-dealkylation sites (N-methyl/N-ethyl adjacent to an activating group) is 1. The molecule has 1 atom stereocenters. The van der Waals surface area contributed by atoms with Crippen molar-refractivity contribution in [3.63, 3.8) is 0 Å². The van der Waals surface area contributed by atoms with Crippen LogP contribution in [0.4, 0.5) is 0 Å². The van der Waals surface area contributed by atoms with Crippen LogP contribution in [0.1, 0.15) is 29.3 Å². The van der Waals surface area contributed by atoms with Crippen molar-refractivity contribution in [3.05, 3.63) is 52.2 Å². The molecule has 1 saturated heterocycles. The fourth-order valence-corrected chi connectivity index (χ4v) is 5.97. The van der Waals surface area contributed by atoms with Gasteiger partial charge in [-0.15, -0.1) is 11.3 Å². The first-order valence-corrected chi connectivity index (χ1v) is 12.2. The highest BCUT2D eigenvalue weighted by atomic mass is 32.2. The van der Waals surface area contributed by atoms with E-state index in [0.29, 0.717) is 37.4 Å². The van der Waals surface area contributed by atoms with Crippen molar-refractivity contribution in [1.82, 2.24) is 14.5 Å². The van der Waals surface area contributed by atoms with Gasteiger partial charge in [0.15, 0.2) is 0 Å². The van der Waals surface area contributed by atoms with Crippen molar-refractivity contribution in [2.75, 3.05) is 33.7 Å².